The fourth-order valence-corrected chi connectivity index (χ4v) is 4.09. The molecule has 3 N–H and O–H groups in total. The van der Waals surface area contributed by atoms with Gasteiger partial charge in [0.15, 0.2) is 0 Å². The quantitative estimate of drug-likeness (QED) is 0.322. The van der Waals surface area contributed by atoms with Crippen molar-refractivity contribution in [2.75, 3.05) is 61.4 Å². The van der Waals surface area contributed by atoms with E-state index >= 15 is 0 Å². The molecule has 1 aliphatic rings. The van der Waals surface area contributed by atoms with Gasteiger partial charge in [0.1, 0.15) is 12.3 Å². The molecule has 0 aromatic heterocycles. The molecule has 204 valence electrons. The van der Waals surface area contributed by atoms with E-state index in [1.165, 1.54) is 11.6 Å². The van der Waals surface area contributed by atoms with E-state index in [2.05, 4.69) is 55.3 Å². The first-order chi connectivity index (χ1) is 17.4. The average molecular weight is 525 g/mol. The average Bonchev–Trinajstić information content (AvgIpc) is 2.85. The van der Waals surface area contributed by atoms with Crippen LogP contribution >= 0.6 is 0 Å². The minimum Gasteiger partial charge on any atom is -0.385 e. The summed E-state index contributed by atoms with van der Waals surface area (Å²) in [6.07, 6.45) is -4.27. The highest BCUT2D eigenvalue weighted by atomic mass is 19.4. The van der Waals surface area contributed by atoms with Gasteiger partial charge in [0.25, 0.3) is 0 Å². The molecule has 1 heterocycles. The molecular formula is C26H35F3N4O4. The van der Waals surface area contributed by atoms with Gasteiger partial charge < -0.3 is 19.9 Å². The zero-order valence-electron chi connectivity index (χ0n) is 21.4. The van der Waals surface area contributed by atoms with E-state index < -0.39 is 22.7 Å². The van der Waals surface area contributed by atoms with Crippen molar-refractivity contribution in [3.8, 4) is 0 Å². The number of benzene rings is 2. The standard InChI is InChI=1S/C26H35F3N4O4/c1-25(2,3)19-5-8-21(9-6-19)31-12-14-32(15-13-31)24(34)18-37-16-4-11-30-20-7-10-23(33(35)36)22(17-20)26(27,28)29/h5-10,17,30,35-36H,4,11-16,18H2,1-3H3. The second-order valence-electron chi connectivity index (χ2n) is 10.0. The van der Waals surface area contributed by atoms with Gasteiger partial charge >= 0.3 is 6.18 Å². The monoisotopic (exact) mass is 524 g/mol. The molecule has 2 aromatic rings. The normalized spacial score (nSPS) is 14.6. The van der Waals surface area contributed by atoms with Crippen LogP contribution in [0.4, 0.5) is 30.2 Å². The number of alkyl halides is 3. The Labute approximate surface area is 215 Å². The maximum Gasteiger partial charge on any atom is 0.418 e. The number of anilines is 3. The van der Waals surface area contributed by atoms with Gasteiger partial charge in [0.2, 0.25) is 5.91 Å². The minimum absolute atomic E-state index is 0.0456. The SMILES string of the molecule is CC(C)(C)c1ccc(N2CCN(C(=O)COCCCNc3ccc(N(O)O)c(C(F)(F)F)c3)CC2)cc1. The summed E-state index contributed by atoms with van der Waals surface area (Å²) in [7, 11) is 0. The molecule has 0 spiro atoms. The van der Waals surface area contributed by atoms with E-state index in [-0.39, 0.29) is 30.2 Å². The summed E-state index contributed by atoms with van der Waals surface area (Å²) in [4.78, 5) is 16.5. The van der Waals surface area contributed by atoms with Crippen LogP contribution in [0.25, 0.3) is 0 Å². The highest BCUT2D eigenvalue weighted by molar-refractivity contribution is 5.77. The van der Waals surface area contributed by atoms with Crippen LogP contribution in [0.3, 0.4) is 0 Å². The number of ether oxygens (including phenoxy) is 1. The number of rotatable bonds is 9. The zero-order valence-corrected chi connectivity index (χ0v) is 21.4. The van der Waals surface area contributed by atoms with Gasteiger partial charge in [0.05, 0.1) is 5.56 Å². The van der Waals surface area contributed by atoms with Crippen LogP contribution in [0.15, 0.2) is 42.5 Å². The van der Waals surface area contributed by atoms with Crippen molar-refractivity contribution in [1.82, 2.24) is 4.90 Å². The first kappa shape index (κ1) is 28.5. The summed E-state index contributed by atoms with van der Waals surface area (Å²) >= 11 is 0. The molecule has 1 amide bonds. The Morgan fingerprint density at radius 2 is 1.68 bits per heavy atom. The first-order valence-electron chi connectivity index (χ1n) is 12.2. The Balaban J connectivity index is 1.35. The minimum atomic E-state index is -4.75. The fraction of sp³-hybridized carbons (Fsp3) is 0.500. The van der Waals surface area contributed by atoms with Gasteiger partial charge in [-0.15, -0.1) is 5.23 Å². The lowest BCUT2D eigenvalue weighted by Gasteiger charge is -2.36. The maximum atomic E-state index is 13.1. The molecule has 0 unspecified atom stereocenters. The third kappa shape index (κ3) is 7.98. The number of hydrogen-bond donors (Lipinski definition) is 3. The van der Waals surface area contributed by atoms with Gasteiger partial charge in [-0.1, -0.05) is 32.9 Å². The van der Waals surface area contributed by atoms with Gasteiger partial charge in [-0.2, -0.15) is 13.2 Å². The van der Waals surface area contributed by atoms with Gasteiger partial charge in [0, 0.05) is 50.7 Å². The lowest BCUT2D eigenvalue weighted by molar-refractivity contribution is -0.138. The smallest absolute Gasteiger partial charge is 0.385 e. The number of nitrogens with one attached hydrogen (secondary N) is 1. The Morgan fingerprint density at radius 3 is 2.24 bits per heavy atom. The zero-order chi connectivity index (χ0) is 27.2. The summed E-state index contributed by atoms with van der Waals surface area (Å²) in [6, 6.07) is 11.6. The molecule has 0 aliphatic carbocycles. The summed E-state index contributed by atoms with van der Waals surface area (Å²) < 4.78 is 44.9. The second-order valence-corrected chi connectivity index (χ2v) is 10.0. The Bertz CT molecular complexity index is 1030. The Morgan fingerprint density at radius 1 is 1.03 bits per heavy atom. The molecule has 0 atom stereocenters. The van der Waals surface area contributed by atoms with Crippen molar-refractivity contribution in [3.63, 3.8) is 0 Å². The van der Waals surface area contributed by atoms with Crippen LogP contribution in [0, 0.1) is 0 Å². The van der Waals surface area contributed by atoms with Gasteiger partial charge in [-0.05, 0) is 47.7 Å². The molecule has 0 radical (unpaired) electrons. The predicted molar refractivity (Wildman–Crippen MR) is 135 cm³/mol. The molecule has 8 nitrogen and oxygen atoms in total. The van der Waals surface area contributed by atoms with Crippen LogP contribution in [0.1, 0.15) is 38.3 Å². The number of carbonyl (C=O) groups is 1. The van der Waals surface area contributed by atoms with Crippen molar-refractivity contribution in [1.29, 1.82) is 0 Å². The number of carbonyl (C=O) groups excluding carboxylic acids is 1. The summed E-state index contributed by atoms with van der Waals surface area (Å²) in [6.45, 7) is 9.80. The molecule has 1 fully saturated rings. The summed E-state index contributed by atoms with van der Waals surface area (Å²) in [5, 5.41) is 20.3. The summed E-state index contributed by atoms with van der Waals surface area (Å²) in [5.41, 5.74) is 0.767. The second kappa shape index (κ2) is 12.0. The molecule has 3 rings (SSSR count). The molecular weight excluding hydrogens is 489 g/mol. The third-order valence-electron chi connectivity index (χ3n) is 6.27. The molecule has 1 aliphatic heterocycles. The highest BCUT2D eigenvalue weighted by Crippen LogP contribution is 2.37. The molecule has 1 saturated heterocycles. The number of piperazine rings is 1. The van der Waals surface area contributed by atoms with E-state index in [1.54, 1.807) is 4.90 Å². The maximum absolute atomic E-state index is 13.1. The molecule has 2 aromatic carbocycles. The van der Waals surface area contributed by atoms with Crippen molar-refractivity contribution in [2.45, 2.75) is 38.8 Å². The van der Waals surface area contributed by atoms with E-state index in [4.69, 9.17) is 15.2 Å². The largest absolute Gasteiger partial charge is 0.418 e. The van der Waals surface area contributed by atoms with Crippen molar-refractivity contribution in [3.05, 3.63) is 53.6 Å². The summed E-state index contributed by atoms with van der Waals surface area (Å²) in [5.74, 6) is -0.0846. The van der Waals surface area contributed by atoms with Crippen molar-refractivity contribution in [2.24, 2.45) is 0 Å². The number of halogens is 3. The van der Waals surface area contributed by atoms with Crippen LogP contribution < -0.4 is 15.4 Å². The molecule has 37 heavy (non-hydrogen) atoms. The molecule has 0 saturated carbocycles. The fourth-order valence-electron chi connectivity index (χ4n) is 4.09. The van der Waals surface area contributed by atoms with Crippen LogP contribution in [0.2, 0.25) is 0 Å². The van der Waals surface area contributed by atoms with Crippen LogP contribution in [-0.2, 0) is 21.1 Å². The lowest BCUT2D eigenvalue weighted by atomic mass is 9.87. The molecule has 11 heteroatoms. The number of nitrogens with zero attached hydrogens (tertiary/aromatic N) is 3. The van der Waals surface area contributed by atoms with Gasteiger partial charge in [-0.3, -0.25) is 15.2 Å². The van der Waals surface area contributed by atoms with Crippen molar-refractivity contribution >= 4 is 23.0 Å². The molecule has 0 bridgehead atoms. The highest BCUT2D eigenvalue weighted by Gasteiger charge is 2.35. The van der Waals surface area contributed by atoms with E-state index in [1.807, 2.05) is 0 Å². The Kier molecular flexibility index (Phi) is 9.27. The van der Waals surface area contributed by atoms with E-state index in [9.17, 15) is 18.0 Å². The van der Waals surface area contributed by atoms with Crippen LogP contribution in [0.5, 0.6) is 0 Å². The topological polar surface area (TPSA) is 88.5 Å². The van der Waals surface area contributed by atoms with E-state index in [0.29, 0.717) is 26.1 Å². The number of hydrogen-bond acceptors (Lipinski definition) is 7. The first-order valence-corrected chi connectivity index (χ1v) is 12.2. The van der Waals surface area contributed by atoms with Crippen LogP contribution in [-0.4, -0.2) is 67.2 Å². The third-order valence-corrected chi connectivity index (χ3v) is 6.27. The Hall–Kier alpha value is -3.02. The van der Waals surface area contributed by atoms with Gasteiger partial charge in [-0.25, -0.2) is 0 Å². The number of amides is 1. The van der Waals surface area contributed by atoms with Crippen molar-refractivity contribution < 1.29 is 33.1 Å². The van der Waals surface area contributed by atoms with E-state index in [0.717, 1.165) is 30.9 Å². The predicted octanol–water partition coefficient (Wildman–Crippen LogP) is 4.76. The lowest BCUT2D eigenvalue weighted by Crippen LogP contribution is -2.49.